The summed E-state index contributed by atoms with van der Waals surface area (Å²) in [5.74, 6) is -1.28. The van der Waals surface area contributed by atoms with E-state index in [4.69, 9.17) is 11.6 Å². The highest BCUT2D eigenvalue weighted by atomic mass is 35.5. The number of benzene rings is 1. The summed E-state index contributed by atoms with van der Waals surface area (Å²) in [6.07, 6.45) is 1.53. The summed E-state index contributed by atoms with van der Waals surface area (Å²) in [6, 6.07) is 1.92. The van der Waals surface area contributed by atoms with E-state index in [9.17, 15) is 25.1 Å². The number of nitrogens with zero attached hydrogens (tertiary/aromatic N) is 2. The zero-order valence-electron chi connectivity index (χ0n) is 10.5. The first-order valence-electron chi connectivity index (χ1n) is 6.04. The van der Waals surface area contributed by atoms with E-state index in [0.717, 1.165) is 25.0 Å². The van der Waals surface area contributed by atoms with E-state index < -0.39 is 10.9 Å². The fraction of sp³-hybridized carbons (Fsp3) is 0.417. The minimum Gasteiger partial charge on any atom is -0.478 e. The van der Waals surface area contributed by atoms with E-state index in [2.05, 4.69) is 0 Å². The molecule has 1 aliphatic rings. The molecule has 1 unspecified atom stereocenters. The fourth-order valence-corrected chi connectivity index (χ4v) is 2.79. The zero-order valence-corrected chi connectivity index (χ0v) is 11.2. The molecule has 1 aliphatic heterocycles. The van der Waals surface area contributed by atoms with Crippen molar-refractivity contribution in [3.05, 3.63) is 32.8 Å². The third-order valence-corrected chi connectivity index (χ3v) is 3.65. The fourth-order valence-electron chi connectivity index (χ4n) is 2.46. The minimum atomic E-state index is -1.28. The van der Waals surface area contributed by atoms with Crippen LogP contribution < -0.4 is 4.90 Å². The molecule has 2 rings (SSSR count). The van der Waals surface area contributed by atoms with E-state index in [-0.39, 0.29) is 34.6 Å². The Hall–Kier alpha value is -1.86. The van der Waals surface area contributed by atoms with Gasteiger partial charge < -0.3 is 15.1 Å². The van der Waals surface area contributed by atoms with Crippen LogP contribution >= 0.6 is 11.6 Å². The van der Waals surface area contributed by atoms with Gasteiger partial charge in [0.2, 0.25) is 0 Å². The molecule has 1 atom stereocenters. The second kappa shape index (κ2) is 5.64. The van der Waals surface area contributed by atoms with Gasteiger partial charge in [0, 0.05) is 18.7 Å². The van der Waals surface area contributed by atoms with Gasteiger partial charge in [-0.15, -0.1) is 0 Å². The standard InChI is InChI=1S/C12H13ClN2O5/c13-10-5-8(15(19)20)4-9(12(17)18)11(10)14-3-1-2-7(14)6-16/h4-5,7,16H,1-3,6H2,(H,17,18). The number of hydrogen-bond donors (Lipinski definition) is 2. The van der Waals surface area contributed by atoms with Gasteiger partial charge in [-0.1, -0.05) is 11.6 Å². The molecule has 2 N–H and O–H groups in total. The lowest BCUT2D eigenvalue weighted by Gasteiger charge is -2.27. The van der Waals surface area contributed by atoms with Crippen molar-refractivity contribution in [2.24, 2.45) is 0 Å². The van der Waals surface area contributed by atoms with E-state index in [1.165, 1.54) is 0 Å². The predicted molar refractivity (Wildman–Crippen MR) is 72.5 cm³/mol. The Morgan fingerprint density at radius 1 is 1.55 bits per heavy atom. The molecule has 1 aromatic carbocycles. The first kappa shape index (κ1) is 14.5. The van der Waals surface area contributed by atoms with Crippen molar-refractivity contribution in [1.82, 2.24) is 0 Å². The van der Waals surface area contributed by atoms with Gasteiger partial charge in [-0.2, -0.15) is 0 Å². The van der Waals surface area contributed by atoms with Crippen LogP contribution in [0.3, 0.4) is 0 Å². The lowest BCUT2D eigenvalue weighted by molar-refractivity contribution is -0.384. The average molecular weight is 301 g/mol. The number of carboxylic acids is 1. The van der Waals surface area contributed by atoms with Gasteiger partial charge in [0.1, 0.15) is 0 Å². The molecule has 0 spiro atoms. The first-order valence-corrected chi connectivity index (χ1v) is 6.42. The third kappa shape index (κ3) is 2.54. The Kier molecular flexibility index (Phi) is 4.10. The van der Waals surface area contributed by atoms with E-state index in [1.54, 1.807) is 4.90 Å². The number of nitro groups is 1. The third-order valence-electron chi connectivity index (χ3n) is 3.36. The number of rotatable bonds is 4. The number of carbonyl (C=O) groups is 1. The Morgan fingerprint density at radius 2 is 2.25 bits per heavy atom. The van der Waals surface area contributed by atoms with Crippen LogP contribution in [0.4, 0.5) is 11.4 Å². The van der Waals surface area contributed by atoms with Gasteiger partial charge in [-0.25, -0.2) is 4.79 Å². The van der Waals surface area contributed by atoms with Crippen molar-refractivity contribution in [1.29, 1.82) is 0 Å². The van der Waals surface area contributed by atoms with Crippen molar-refractivity contribution < 1.29 is 19.9 Å². The van der Waals surface area contributed by atoms with Gasteiger partial charge in [-0.05, 0) is 12.8 Å². The van der Waals surface area contributed by atoms with Crippen molar-refractivity contribution in [2.75, 3.05) is 18.1 Å². The quantitative estimate of drug-likeness (QED) is 0.650. The van der Waals surface area contributed by atoms with E-state index in [0.29, 0.717) is 6.54 Å². The molecular formula is C12H13ClN2O5. The largest absolute Gasteiger partial charge is 0.478 e. The maximum absolute atomic E-state index is 11.3. The van der Waals surface area contributed by atoms with Crippen LogP contribution in [0.2, 0.25) is 5.02 Å². The van der Waals surface area contributed by atoms with Crippen LogP contribution in [0.5, 0.6) is 0 Å². The van der Waals surface area contributed by atoms with Crippen molar-refractivity contribution >= 4 is 28.9 Å². The molecule has 1 saturated heterocycles. The number of aromatic carboxylic acids is 1. The molecule has 0 amide bonds. The van der Waals surface area contributed by atoms with E-state index >= 15 is 0 Å². The SMILES string of the molecule is O=C(O)c1cc([N+](=O)[O-])cc(Cl)c1N1CCCC1CO. The highest BCUT2D eigenvalue weighted by Gasteiger charge is 2.31. The van der Waals surface area contributed by atoms with Gasteiger partial charge in [0.15, 0.2) is 0 Å². The molecule has 0 bridgehead atoms. The maximum atomic E-state index is 11.3. The van der Waals surface area contributed by atoms with Gasteiger partial charge in [0.05, 0.1) is 33.8 Å². The zero-order chi connectivity index (χ0) is 14.9. The molecule has 8 heteroatoms. The van der Waals surface area contributed by atoms with Crippen LogP contribution in [0, 0.1) is 10.1 Å². The molecule has 0 saturated carbocycles. The van der Waals surface area contributed by atoms with Crippen molar-refractivity contribution in [3.8, 4) is 0 Å². The Morgan fingerprint density at radius 3 is 2.80 bits per heavy atom. The molecule has 7 nitrogen and oxygen atoms in total. The average Bonchev–Trinajstić information content (AvgIpc) is 2.85. The van der Waals surface area contributed by atoms with Crippen LogP contribution in [-0.4, -0.2) is 40.3 Å². The molecule has 20 heavy (non-hydrogen) atoms. The normalized spacial score (nSPS) is 18.3. The van der Waals surface area contributed by atoms with Gasteiger partial charge in [0.25, 0.3) is 5.69 Å². The molecular weight excluding hydrogens is 288 g/mol. The summed E-state index contributed by atoms with van der Waals surface area (Å²) in [5.41, 5.74) is -0.346. The van der Waals surface area contributed by atoms with Crippen LogP contribution in [0.1, 0.15) is 23.2 Å². The molecule has 108 valence electrons. The minimum absolute atomic E-state index is 0.0111. The molecule has 0 aliphatic carbocycles. The highest BCUT2D eigenvalue weighted by molar-refractivity contribution is 6.34. The molecule has 0 radical (unpaired) electrons. The number of non-ortho nitro benzene ring substituents is 1. The molecule has 0 aromatic heterocycles. The lowest BCUT2D eigenvalue weighted by Crippen LogP contribution is -2.33. The number of hydrogen-bond acceptors (Lipinski definition) is 5. The smallest absolute Gasteiger partial charge is 0.338 e. The summed E-state index contributed by atoms with van der Waals surface area (Å²) in [4.78, 5) is 23.1. The summed E-state index contributed by atoms with van der Waals surface area (Å²) in [7, 11) is 0. The second-order valence-electron chi connectivity index (χ2n) is 4.56. The maximum Gasteiger partial charge on any atom is 0.338 e. The van der Waals surface area contributed by atoms with Crippen molar-refractivity contribution in [3.63, 3.8) is 0 Å². The summed E-state index contributed by atoms with van der Waals surface area (Å²) in [5, 5.41) is 29.4. The Balaban J connectivity index is 2.56. The second-order valence-corrected chi connectivity index (χ2v) is 4.97. The first-order chi connectivity index (χ1) is 9.45. The number of nitro benzene ring substituents is 1. The summed E-state index contributed by atoms with van der Waals surface area (Å²) >= 11 is 6.03. The number of aliphatic hydroxyl groups is 1. The highest BCUT2D eigenvalue weighted by Crippen LogP contribution is 2.37. The van der Waals surface area contributed by atoms with Crippen LogP contribution in [0.25, 0.3) is 0 Å². The monoisotopic (exact) mass is 300 g/mol. The van der Waals surface area contributed by atoms with Gasteiger partial charge in [-0.3, -0.25) is 10.1 Å². The molecule has 1 aromatic rings. The topological polar surface area (TPSA) is 104 Å². The number of halogens is 1. The number of carboxylic acid groups (broad SMARTS) is 1. The molecule has 1 heterocycles. The van der Waals surface area contributed by atoms with Gasteiger partial charge >= 0.3 is 5.97 Å². The van der Waals surface area contributed by atoms with Crippen molar-refractivity contribution in [2.45, 2.75) is 18.9 Å². The summed E-state index contributed by atoms with van der Waals surface area (Å²) in [6.45, 7) is 0.440. The molecule has 1 fully saturated rings. The number of anilines is 1. The van der Waals surface area contributed by atoms with E-state index in [1.807, 2.05) is 0 Å². The Labute approximate surface area is 119 Å². The van der Waals surface area contributed by atoms with Crippen LogP contribution in [-0.2, 0) is 0 Å². The van der Waals surface area contributed by atoms with Crippen LogP contribution in [0.15, 0.2) is 12.1 Å². The predicted octanol–water partition coefficient (Wildman–Crippen LogP) is 1.91. The number of aliphatic hydroxyl groups excluding tert-OH is 1. The Bertz CT molecular complexity index is 563. The summed E-state index contributed by atoms with van der Waals surface area (Å²) < 4.78 is 0. The lowest BCUT2D eigenvalue weighted by atomic mass is 10.1.